The third-order valence-corrected chi connectivity index (χ3v) is 3.75. The molecule has 2 aromatic heterocycles. The van der Waals surface area contributed by atoms with Gasteiger partial charge in [0.25, 0.3) is 5.91 Å². The van der Waals surface area contributed by atoms with Crippen LogP contribution in [0.5, 0.6) is 0 Å². The quantitative estimate of drug-likeness (QED) is 0.859. The lowest BCUT2D eigenvalue weighted by Crippen LogP contribution is -2.30. The van der Waals surface area contributed by atoms with E-state index < -0.39 is 0 Å². The number of hydrogen-bond acceptors (Lipinski definition) is 3. The average molecular weight is 308 g/mol. The van der Waals surface area contributed by atoms with E-state index in [-0.39, 0.29) is 11.8 Å². The van der Waals surface area contributed by atoms with Gasteiger partial charge in [0.15, 0.2) is 0 Å². The maximum atomic E-state index is 12.0. The lowest BCUT2D eigenvalue weighted by Gasteiger charge is -2.11. The Morgan fingerprint density at radius 2 is 2.43 bits per heavy atom. The van der Waals surface area contributed by atoms with Gasteiger partial charge in [-0.2, -0.15) is 10.2 Å². The van der Waals surface area contributed by atoms with E-state index in [4.69, 9.17) is 11.6 Å². The molecule has 2 aromatic rings. The third-order valence-electron chi connectivity index (χ3n) is 3.56. The number of nitrogens with zero attached hydrogens (tertiary/aromatic N) is 3. The van der Waals surface area contributed by atoms with Crippen molar-refractivity contribution < 1.29 is 4.79 Å². The van der Waals surface area contributed by atoms with E-state index in [0.717, 1.165) is 5.69 Å². The molecule has 1 unspecified atom stereocenters. The molecule has 1 atom stereocenters. The van der Waals surface area contributed by atoms with Gasteiger partial charge in [0.05, 0.1) is 11.2 Å². The van der Waals surface area contributed by atoms with Crippen LogP contribution < -0.4 is 5.32 Å². The molecule has 0 radical (unpaired) electrons. The fourth-order valence-electron chi connectivity index (χ4n) is 2.24. The second-order valence-electron chi connectivity index (χ2n) is 5.68. The lowest BCUT2D eigenvalue weighted by molar-refractivity contribution is 0.0941. The molecule has 1 amide bonds. The summed E-state index contributed by atoms with van der Waals surface area (Å²) in [6.07, 6.45) is 5.75. The van der Waals surface area contributed by atoms with Gasteiger partial charge in [-0.3, -0.25) is 14.6 Å². The van der Waals surface area contributed by atoms with E-state index in [1.165, 1.54) is 12.8 Å². The van der Waals surface area contributed by atoms with E-state index >= 15 is 0 Å². The van der Waals surface area contributed by atoms with Gasteiger partial charge in [0.1, 0.15) is 5.69 Å². The van der Waals surface area contributed by atoms with Crippen LogP contribution in [-0.2, 0) is 6.54 Å². The highest BCUT2D eigenvalue weighted by atomic mass is 35.5. The molecule has 0 aromatic carbocycles. The largest absolute Gasteiger partial charge is 0.350 e. The molecule has 2 N–H and O–H groups in total. The Kier molecular flexibility index (Phi) is 3.96. The first-order valence-corrected chi connectivity index (χ1v) is 7.51. The van der Waals surface area contributed by atoms with Gasteiger partial charge in [-0.05, 0) is 24.8 Å². The highest BCUT2D eigenvalue weighted by Gasteiger charge is 2.26. The van der Waals surface area contributed by atoms with Gasteiger partial charge < -0.3 is 5.32 Å². The number of amides is 1. The summed E-state index contributed by atoms with van der Waals surface area (Å²) >= 11 is 5.82. The van der Waals surface area contributed by atoms with Crippen LogP contribution in [-0.4, -0.2) is 32.4 Å². The van der Waals surface area contributed by atoms with Gasteiger partial charge in [-0.1, -0.05) is 18.5 Å². The normalized spacial score (nSPS) is 15.9. The zero-order chi connectivity index (χ0) is 14.8. The van der Waals surface area contributed by atoms with Crippen LogP contribution in [0.3, 0.4) is 0 Å². The number of aromatic amines is 1. The monoisotopic (exact) mass is 307 g/mol. The second-order valence-corrected chi connectivity index (χ2v) is 6.12. The zero-order valence-electron chi connectivity index (χ0n) is 11.8. The number of rotatable bonds is 6. The molecule has 3 rings (SSSR count). The fourth-order valence-corrected chi connectivity index (χ4v) is 2.39. The summed E-state index contributed by atoms with van der Waals surface area (Å²) in [5, 5.41) is 14.7. The summed E-state index contributed by atoms with van der Waals surface area (Å²) in [7, 11) is 0. The predicted octanol–water partition coefficient (Wildman–Crippen LogP) is 2.20. The molecular formula is C14H18ClN5O. The van der Waals surface area contributed by atoms with Gasteiger partial charge in [-0.25, -0.2) is 0 Å². The first-order chi connectivity index (χ1) is 10.1. The van der Waals surface area contributed by atoms with Gasteiger partial charge >= 0.3 is 0 Å². The van der Waals surface area contributed by atoms with Crippen LogP contribution in [0.25, 0.3) is 0 Å². The predicted molar refractivity (Wildman–Crippen MR) is 79.3 cm³/mol. The van der Waals surface area contributed by atoms with Crippen molar-refractivity contribution in [2.75, 3.05) is 6.54 Å². The first kappa shape index (κ1) is 14.1. The molecule has 0 aliphatic heterocycles. The summed E-state index contributed by atoms with van der Waals surface area (Å²) in [6.45, 7) is 3.33. The summed E-state index contributed by atoms with van der Waals surface area (Å²) in [4.78, 5) is 12.0. The van der Waals surface area contributed by atoms with Crippen LogP contribution in [0.2, 0.25) is 5.02 Å². The van der Waals surface area contributed by atoms with Crippen LogP contribution in [0.15, 0.2) is 18.5 Å². The van der Waals surface area contributed by atoms with Crippen LogP contribution in [0.1, 0.15) is 41.9 Å². The van der Waals surface area contributed by atoms with Gasteiger partial charge in [0.2, 0.25) is 0 Å². The van der Waals surface area contributed by atoms with Crippen molar-refractivity contribution in [1.29, 1.82) is 0 Å². The maximum absolute atomic E-state index is 12.0. The molecule has 1 aliphatic rings. The Labute approximate surface area is 127 Å². The van der Waals surface area contributed by atoms with Crippen molar-refractivity contribution >= 4 is 17.5 Å². The van der Waals surface area contributed by atoms with Crippen LogP contribution in [0, 0.1) is 5.92 Å². The van der Waals surface area contributed by atoms with E-state index in [1.54, 1.807) is 17.1 Å². The van der Waals surface area contributed by atoms with Crippen molar-refractivity contribution in [2.24, 2.45) is 5.92 Å². The molecule has 0 spiro atoms. The standard InChI is InChI=1S/C14H18ClN5O/c1-9(7-20-8-11(15)6-17-20)5-16-14(21)13-4-12(18-19-13)10-2-3-10/h4,6,8-10H,2-3,5,7H2,1H3,(H,16,21)(H,18,19). The molecule has 6 nitrogen and oxygen atoms in total. The molecule has 21 heavy (non-hydrogen) atoms. The molecule has 1 fully saturated rings. The van der Waals surface area contributed by atoms with Crippen molar-refractivity contribution in [3.8, 4) is 0 Å². The number of aromatic nitrogens is 4. The molecule has 112 valence electrons. The molecule has 7 heteroatoms. The number of hydrogen-bond donors (Lipinski definition) is 2. The number of nitrogens with one attached hydrogen (secondary N) is 2. The van der Waals surface area contributed by atoms with E-state index in [9.17, 15) is 4.79 Å². The van der Waals surface area contributed by atoms with Crippen molar-refractivity contribution in [2.45, 2.75) is 32.2 Å². The molecule has 0 saturated heterocycles. The number of carbonyl (C=O) groups excluding carboxylic acids is 1. The van der Waals surface area contributed by atoms with Gasteiger partial charge in [0, 0.05) is 30.9 Å². The topological polar surface area (TPSA) is 75.6 Å². The number of carbonyl (C=O) groups is 1. The summed E-state index contributed by atoms with van der Waals surface area (Å²) in [5.74, 6) is 0.692. The Bertz CT molecular complexity index is 631. The SMILES string of the molecule is CC(CNC(=O)c1cc(C2CC2)[nH]n1)Cn1cc(Cl)cn1. The molecule has 0 bridgehead atoms. The van der Waals surface area contributed by atoms with E-state index in [2.05, 4.69) is 27.5 Å². The minimum Gasteiger partial charge on any atom is -0.350 e. The number of H-pyrrole nitrogens is 1. The van der Waals surface area contributed by atoms with Crippen molar-refractivity contribution in [1.82, 2.24) is 25.3 Å². The third kappa shape index (κ3) is 3.64. The van der Waals surface area contributed by atoms with Crippen molar-refractivity contribution in [3.63, 3.8) is 0 Å². The van der Waals surface area contributed by atoms with Crippen molar-refractivity contribution in [3.05, 3.63) is 34.9 Å². The highest BCUT2D eigenvalue weighted by Crippen LogP contribution is 2.38. The summed E-state index contributed by atoms with van der Waals surface area (Å²) < 4.78 is 1.78. The Morgan fingerprint density at radius 3 is 3.10 bits per heavy atom. The zero-order valence-corrected chi connectivity index (χ0v) is 12.6. The van der Waals surface area contributed by atoms with E-state index in [0.29, 0.717) is 29.7 Å². The number of halogens is 1. The Balaban J connectivity index is 1.48. The summed E-state index contributed by atoms with van der Waals surface area (Å²) in [6, 6.07) is 1.85. The fraction of sp³-hybridized carbons (Fsp3) is 0.500. The minimum absolute atomic E-state index is 0.136. The maximum Gasteiger partial charge on any atom is 0.271 e. The molecule has 2 heterocycles. The summed E-state index contributed by atoms with van der Waals surface area (Å²) in [5.41, 5.74) is 1.53. The second kappa shape index (κ2) is 5.89. The first-order valence-electron chi connectivity index (χ1n) is 7.13. The van der Waals surface area contributed by atoms with Crippen LogP contribution >= 0.6 is 11.6 Å². The smallest absolute Gasteiger partial charge is 0.271 e. The Hall–Kier alpha value is -1.82. The average Bonchev–Trinajstić information content (AvgIpc) is 3.05. The highest BCUT2D eigenvalue weighted by molar-refractivity contribution is 6.30. The molecule has 1 aliphatic carbocycles. The molecular weight excluding hydrogens is 290 g/mol. The van der Waals surface area contributed by atoms with Gasteiger partial charge in [-0.15, -0.1) is 0 Å². The lowest BCUT2D eigenvalue weighted by atomic mass is 10.2. The molecule has 1 saturated carbocycles. The van der Waals surface area contributed by atoms with Crippen LogP contribution in [0.4, 0.5) is 0 Å². The Morgan fingerprint density at radius 1 is 1.62 bits per heavy atom. The minimum atomic E-state index is -0.136. The van der Waals surface area contributed by atoms with E-state index in [1.807, 2.05) is 6.07 Å².